The van der Waals surface area contributed by atoms with Crippen molar-refractivity contribution in [2.24, 2.45) is 5.73 Å². The monoisotopic (exact) mass is 200 g/mol. The van der Waals surface area contributed by atoms with Gasteiger partial charge in [-0.3, -0.25) is 9.69 Å². The van der Waals surface area contributed by atoms with Crippen LogP contribution in [0, 0.1) is 12.3 Å². The Hall–Kier alpha value is -1.79. The van der Waals surface area contributed by atoms with E-state index in [2.05, 4.69) is 5.92 Å². The number of hydrogen-bond donors (Lipinski definition) is 1. The quantitative estimate of drug-likeness (QED) is 0.621. The lowest BCUT2D eigenvalue weighted by molar-refractivity contribution is -0.113. The lowest BCUT2D eigenvalue weighted by atomic mass is 9.98. The van der Waals surface area contributed by atoms with Crippen molar-refractivity contribution in [1.29, 1.82) is 0 Å². The number of carbonyl (C=O) groups is 1. The zero-order valence-corrected chi connectivity index (χ0v) is 8.31. The van der Waals surface area contributed by atoms with Gasteiger partial charge in [0.15, 0.2) is 0 Å². The summed E-state index contributed by atoms with van der Waals surface area (Å²) in [6.07, 6.45) is 5.92. The smallest absolute Gasteiger partial charge is 0.302 e. The maximum absolute atomic E-state index is 11.5. The predicted octanol–water partition coefficient (Wildman–Crippen LogP) is 0.536. The first kappa shape index (κ1) is 9.75. The molecule has 0 radical (unpaired) electrons. The van der Waals surface area contributed by atoms with Crippen molar-refractivity contribution in [1.82, 2.24) is 0 Å². The van der Waals surface area contributed by atoms with Gasteiger partial charge >= 0.3 is 5.91 Å². The molecule has 1 aliphatic heterocycles. The van der Waals surface area contributed by atoms with Crippen LogP contribution in [-0.4, -0.2) is 18.5 Å². The number of anilines is 1. The third kappa shape index (κ3) is 1.72. The van der Waals surface area contributed by atoms with Crippen molar-refractivity contribution in [3.63, 3.8) is 0 Å². The Balaban J connectivity index is 2.43. The first-order valence-electron chi connectivity index (χ1n) is 4.84. The average Bonchev–Trinajstić information content (AvgIpc) is 2.26. The van der Waals surface area contributed by atoms with Crippen molar-refractivity contribution in [2.45, 2.75) is 12.5 Å². The molecule has 1 heterocycles. The number of para-hydroxylation sites is 1. The van der Waals surface area contributed by atoms with E-state index < -0.39 is 0 Å². The van der Waals surface area contributed by atoms with Crippen LogP contribution in [0.2, 0.25) is 0 Å². The number of terminal acetylenes is 1. The lowest BCUT2D eigenvalue weighted by Crippen LogP contribution is -2.45. The molecule has 15 heavy (non-hydrogen) atoms. The molecule has 0 saturated heterocycles. The number of nitrogens with zero attached hydrogens (tertiary/aromatic N) is 1. The normalized spacial score (nSPS) is 19.2. The summed E-state index contributed by atoms with van der Waals surface area (Å²) in [5, 5.41) is 0. The molecule has 2 rings (SSSR count). The highest BCUT2D eigenvalue weighted by Gasteiger charge is 2.25. The van der Waals surface area contributed by atoms with Crippen molar-refractivity contribution >= 4 is 11.6 Å². The largest absolute Gasteiger partial charge is 0.326 e. The standard InChI is InChI=1S/C12H12N2O/c1-2-12(15)14-8-10(13)7-9-5-3-4-6-11(9)14/h1,3-6,10H,7-8,13H2. The van der Waals surface area contributed by atoms with Crippen molar-refractivity contribution < 1.29 is 4.79 Å². The predicted molar refractivity (Wildman–Crippen MR) is 59.3 cm³/mol. The van der Waals surface area contributed by atoms with Crippen LogP contribution in [0.25, 0.3) is 0 Å². The number of benzene rings is 1. The zero-order chi connectivity index (χ0) is 10.8. The summed E-state index contributed by atoms with van der Waals surface area (Å²) >= 11 is 0. The minimum absolute atomic E-state index is 0.0304. The summed E-state index contributed by atoms with van der Waals surface area (Å²) in [6.45, 7) is 0.500. The van der Waals surface area contributed by atoms with E-state index in [4.69, 9.17) is 12.2 Å². The van der Waals surface area contributed by atoms with Gasteiger partial charge in [-0.15, -0.1) is 6.42 Å². The minimum atomic E-state index is -0.322. The van der Waals surface area contributed by atoms with Gasteiger partial charge in [0.05, 0.1) is 0 Å². The highest BCUT2D eigenvalue weighted by molar-refractivity contribution is 6.06. The highest BCUT2D eigenvalue weighted by Crippen LogP contribution is 2.26. The second-order valence-corrected chi connectivity index (χ2v) is 3.65. The third-order valence-corrected chi connectivity index (χ3v) is 2.55. The summed E-state index contributed by atoms with van der Waals surface area (Å²) in [4.78, 5) is 13.1. The molecule has 3 heteroatoms. The fourth-order valence-corrected chi connectivity index (χ4v) is 1.90. The van der Waals surface area contributed by atoms with Crippen LogP contribution in [-0.2, 0) is 11.2 Å². The molecule has 0 bridgehead atoms. The fourth-order valence-electron chi connectivity index (χ4n) is 1.90. The van der Waals surface area contributed by atoms with Gasteiger partial charge in [-0.25, -0.2) is 0 Å². The van der Waals surface area contributed by atoms with E-state index >= 15 is 0 Å². The molecule has 1 unspecified atom stereocenters. The number of nitrogens with two attached hydrogens (primary N) is 1. The second-order valence-electron chi connectivity index (χ2n) is 3.65. The van der Waals surface area contributed by atoms with E-state index in [-0.39, 0.29) is 11.9 Å². The molecule has 1 atom stereocenters. The summed E-state index contributed by atoms with van der Waals surface area (Å²) in [5.41, 5.74) is 7.84. The van der Waals surface area contributed by atoms with Crippen molar-refractivity contribution in [2.75, 3.05) is 11.4 Å². The Bertz CT molecular complexity index is 433. The maximum Gasteiger partial charge on any atom is 0.302 e. The maximum atomic E-state index is 11.5. The average molecular weight is 200 g/mol. The molecule has 0 saturated carbocycles. The molecule has 3 nitrogen and oxygen atoms in total. The minimum Gasteiger partial charge on any atom is -0.326 e. The van der Waals surface area contributed by atoms with Crippen LogP contribution >= 0.6 is 0 Å². The van der Waals surface area contributed by atoms with Crippen LogP contribution in [0.5, 0.6) is 0 Å². The summed E-state index contributed by atoms with van der Waals surface area (Å²) in [6, 6.07) is 7.68. The number of fused-ring (bicyclic) bond motifs is 1. The molecule has 0 fully saturated rings. The molecule has 0 aliphatic carbocycles. The molecule has 1 amide bonds. The molecular formula is C12H12N2O. The number of amides is 1. The van der Waals surface area contributed by atoms with Gasteiger partial charge < -0.3 is 5.73 Å². The zero-order valence-electron chi connectivity index (χ0n) is 8.31. The summed E-state index contributed by atoms with van der Waals surface area (Å²) in [5.74, 6) is 1.81. The van der Waals surface area contributed by atoms with Crippen LogP contribution in [0.4, 0.5) is 5.69 Å². The summed E-state index contributed by atoms with van der Waals surface area (Å²) in [7, 11) is 0. The van der Waals surface area contributed by atoms with Gasteiger partial charge in [-0.2, -0.15) is 0 Å². The van der Waals surface area contributed by atoms with E-state index in [0.717, 1.165) is 17.7 Å². The van der Waals surface area contributed by atoms with Gasteiger partial charge in [-0.05, 0) is 24.0 Å². The Morgan fingerprint density at radius 2 is 2.27 bits per heavy atom. The molecule has 0 aromatic heterocycles. The van der Waals surface area contributed by atoms with Gasteiger partial charge in [0.1, 0.15) is 0 Å². The molecule has 1 aromatic rings. The SMILES string of the molecule is C#CC(=O)N1CC(N)Cc2ccccc21. The Morgan fingerprint density at radius 1 is 1.53 bits per heavy atom. The Morgan fingerprint density at radius 3 is 3.00 bits per heavy atom. The Labute approximate surface area is 88.9 Å². The van der Waals surface area contributed by atoms with E-state index in [1.165, 1.54) is 0 Å². The second kappa shape index (κ2) is 3.76. The Kier molecular flexibility index (Phi) is 2.44. The topological polar surface area (TPSA) is 46.3 Å². The first-order chi connectivity index (χ1) is 7.22. The van der Waals surface area contributed by atoms with Gasteiger partial charge in [0, 0.05) is 18.3 Å². The van der Waals surface area contributed by atoms with E-state index in [1.807, 2.05) is 24.3 Å². The van der Waals surface area contributed by atoms with Crippen LogP contribution in [0.15, 0.2) is 24.3 Å². The van der Waals surface area contributed by atoms with E-state index in [9.17, 15) is 4.79 Å². The number of hydrogen-bond acceptors (Lipinski definition) is 2. The molecule has 1 aromatic carbocycles. The molecule has 0 spiro atoms. The van der Waals surface area contributed by atoms with Gasteiger partial charge in [-0.1, -0.05) is 18.2 Å². The van der Waals surface area contributed by atoms with Gasteiger partial charge in [0.25, 0.3) is 0 Å². The molecule has 76 valence electrons. The van der Waals surface area contributed by atoms with Crippen molar-refractivity contribution in [3.8, 4) is 12.3 Å². The molecule has 1 aliphatic rings. The number of rotatable bonds is 0. The third-order valence-electron chi connectivity index (χ3n) is 2.55. The first-order valence-corrected chi connectivity index (χ1v) is 4.84. The number of carbonyl (C=O) groups excluding carboxylic acids is 1. The molecule has 2 N–H and O–H groups in total. The highest BCUT2D eigenvalue weighted by atomic mass is 16.2. The van der Waals surface area contributed by atoms with Crippen LogP contribution in [0.1, 0.15) is 5.56 Å². The van der Waals surface area contributed by atoms with Gasteiger partial charge in [0.2, 0.25) is 0 Å². The lowest BCUT2D eigenvalue weighted by Gasteiger charge is -2.31. The summed E-state index contributed by atoms with van der Waals surface area (Å²) < 4.78 is 0. The van der Waals surface area contributed by atoms with Crippen molar-refractivity contribution in [3.05, 3.63) is 29.8 Å². The molecular weight excluding hydrogens is 188 g/mol. The van der Waals surface area contributed by atoms with E-state index in [1.54, 1.807) is 4.90 Å². The van der Waals surface area contributed by atoms with Crippen LogP contribution < -0.4 is 10.6 Å². The van der Waals surface area contributed by atoms with Crippen LogP contribution in [0.3, 0.4) is 0 Å². The van der Waals surface area contributed by atoms with E-state index in [0.29, 0.717) is 6.54 Å². The fraction of sp³-hybridized carbons (Fsp3) is 0.250.